The molecule has 204 valence electrons. The second-order valence-corrected chi connectivity index (χ2v) is 12.3. The molecule has 3 amide bonds. The monoisotopic (exact) mass is 539 g/mol. The summed E-state index contributed by atoms with van der Waals surface area (Å²) < 4.78 is 6.52. The van der Waals surface area contributed by atoms with Crippen LogP contribution in [0.3, 0.4) is 0 Å². The molecule has 2 saturated carbocycles. The van der Waals surface area contributed by atoms with Gasteiger partial charge in [0.2, 0.25) is 17.7 Å². The van der Waals surface area contributed by atoms with Crippen LogP contribution in [0.4, 0.5) is 5.69 Å². The minimum Gasteiger partial charge on any atom is -0.359 e. The lowest BCUT2D eigenvalue weighted by Gasteiger charge is -2.37. The van der Waals surface area contributed by atoms with Crippen molar-refractivity contribution in [2.45, 2.75) is 107 Å². The number of carbonyl (C=O) groups is 3. The molecule has 2 N–H and O–H groups in total. The Bertz CT molecular complexity index is 1140. The Balaban J connectivity index is 1.32. The number of hydrogen-bond donors (Lipinski definition) is 2. The summed E-state index contributed by atoms with van der Waals surface area (Å²) >= 11 is 6.29. The third-order valence-corrected chi connectivity index (χ3v) is 9.88. The third-order valence-electron chi connectivity index (χ3n) is 9.47. The molecule has 0 aromatic heterocycles. The lowest BCUT2D eigenvalue weighted by molar-refractivity contribution is -0.144. The number of hydrogen-bond acceptors (Lipinski definition) is 4. The van der Waals surface area contributed by atoms with Crippen molar-refractivity contribution in [1.29, 1.82) is 0 Å². The van der Waals surface area contributed by atoms with E-state index in [0.29, 0.717) is 10.7 Å². The van der Waals surface area contributed by atoms with Crippen LogP contribution in [-0.2, 0) is 19.1 Å². The highest BCUT2D eigenvalue weighted by molar-refractivity contribution is 6.31. The largest absolute Gasteiger partial charge is 0.359 e. The van der Waals surface area contributed by atoms with E-state index in [1.807, 2.05) is 36.1 Å². The van der Waals surface area contributed by atoms with Crippen LogP contribution >= 0.6 is 11.6 Å². The number of rotatable bonds is 5. The molecule has 4 fully saturated rings. The van der Waals surface area contributed by atoms with Crippen molar-refractivity contribution in [2.24, 2.45) is 11.8 Å². The number of ether oxygens (including phenoxy) is 1. The molecule has 2 aliphatic carbocycles. The molecule has 1 aromatic rings. The van der Waals surface area contributed by atoms with E-state index in [1.54, 1.807) is 6.07 Å². The average Bonchev–Trinajstić information content (AvgIpc) is 3.45. The highest BCUT2D eigenvalue weighted by Gasteiger charge is 2.73. The topological polar surface area (TPSA) is 87.7 Å². The summed E-state index contributed by atoms with van der Waals surface area (Å²) in [6.45, 7) is 1.91. The number of benzene rings is 1. The molecule has 5 atom stereocenters. The summed E-state index contributed by atoms with van der Waals surface area (Å²) in [6, 6.07) is 4.76. The number of amides is 3. The molecular formula is C30H38ClN3O4. The SMILES string of the molecule is Cc1ccc(NC(=O)[C@@H]2[C@@H]3C=C[C@]4(O3)[C@@H]2C(=O)N(C2CCCCCC2)[C@H]4C(=O)NC2CCCCC2)cc1Cl. The number of halogens is 1. The number of anilines is 1. The molecule has 3 heterocycles. The molecule has 2 saturated heterocycles. The van der Waals surface area contributed by atoms with Gasteiger partial charge in [0, 0.05) is 22.8 Å². The quantitative estimate of drug-likeness (QED) is 0.411. The smallest absolute Gasteiger partial charge is 0.246 e. The second kappa shape index (κ2) is 10.3. The van der Waals surface area contributed by atoms with Crippen LogP contribution in [0.25, 0.3) is 0 Å². The van der Waals surface area contributed by atoms with E-state index in [9.17, 15) is 14.4 Å². The fraction of sp³-hybridized carbons (Fsp3) is 0.633. The lowest BCUT2D eigenvalue weighted by Crippen LogP contribution is -2.58. The van der Waals surface area contributed by atoms with Crippen LogP contribution < -0.4 is 10.6 Å². The van der Waals surface area contributed by atoms with Crippen molar-refractivity contribution in [3.63, 3.8) is 0 Å². The van der Waals surface area contributed by atoms with E-state index in [2.05, 4.69) is 10.6 Å². The van der Waals surface area contributed by atoms with Gasteiger partial charge in [0.1, 0.15) is 11.6 Å². The van der Waals surface area contributed by atoms with Crippen LogP contribution in [-0.4, -0.2) is 52.5 Å². The van der Waals surface area contributed by atoms with Gasteiger partial charge in [0.25, 0.3) is 0 Å². The van der Waals surface area contributed by atoms with Gasteiger partial charge in [0.15, 0.2) is 0 Å². The highest BCUT2D eigenvalue weighted by Crippen LogP contribution is 2.56. The maximum Gasteiger partial charge on any atom is 0.246 e. The minimum absolute atomic E-state index is 0.0113. The van der Waals surface area contributed by atoms with Crippen LogP contribution in [0.2, 0.25) is 5.02 Å². The van der Waals surface area contributed by atoms with Crippen molar-refractivity contribution in [2.75, 3.05) is 5.32 Å². The molecule has 0 unspecified atom stereocenters. The van der Waals surface area contributed by atoms with Crippen molar-refractivity contribution in [3.8, 4) is 0 Å². The van der Waals surface area contributed by atoms with E-state index in [1.165, 1.54) is 6.42 Å². The summed E-state index contributed by atoms with van der Waals surface area (Å²) in [7, 11) is 0. The summed E-state index contributed by atoms with van der Waals surface area (Å²) in [5, 5.41) is 6.83. The number of nitrogens with one attached hydrogen (secondary N) is 2. The zero-order valence-corrected chi connectivity index (χ0v) is 22.8. The van der Waals surface area contributed by atoms with Gasteiger partial charge in [-0.3, -0.25) is 14.4 Å². The van der Waals surface area contributed by atoms with E-state index in [-0.39, 0.29) is 29.8 Å². The van der Waals surface area contributed by atoms with Crippen LogP contribution in [0.1, 0.15) is 76.2 Å². The molecule has 1 aromatic carbocycles. The van der Waals surface area contributed by atoms with Gasteiger partial charge in [0.05, 0.1) is 17.9 Å². The highest BCUT2D eigenvalue weighted by atomic mass is 35.5. The Kier molecular flexibility index (Phi) is 7.02. The number of carbonyl (C=O) groups excluding carboxylic acids is 3. The van der Waals surface area contributed by atoms with Crippen molar-refractivity contribution in [3.05, 3.63) is 40.9 Å². The first-order valence-electron chi connectivity index (χ1n) is 14.5. The van der Waals surface area contributed by atoms with Crippen LogP contribution in [0, 0.1) is 18.8 Å². The molecule has 8 heteroatoms. The van der Waals surface area contributed by atoms with E-state index >= 15 is 0 Å². The van der Waals surface area contributed by atoms with E-state index in [4.69, 9.17) is 16.3 Å². The van der Waals surface area contributed by atoms with Gasteiger partial charge < -0.3 is 20.3 Å². The predicted molar refractivity (Wildman–Crippen MR) is 146 cm³/mol. The summed E-state index contributed by atoms with van der Waals surface area (Å²) in [5.74, 6) is -1.94. The second-order valence-electron chi connectivity index (χ2n) is 11.9. The molecule has 6 rings (SSSR count). The maximum atomic E-state index is 14.3. The van der Waals surface area contributed by atoms with E-state index in [0.717, 1.165) is 69.8 Å². The Hall–Kier alpha value is -2.38. The summed E-state index contributed by atoms with van der Waals surface area (Å²) in [4.78, 5) is 43.8. The summed E-state index contributed by atoms with van der Waals surface area (Å²) in [6.07, 6.45) is 14.8. The van der Waals surface area contributed by atoms with Gasteiger partial charge >= 0.3 is 0 Å². The standard InChI is InChI=1S/C30H38ClN3O4/c1-18-13-14-20(17-22(18)31)33-27(35)24-23-15-16-30(38-23)25(24)29(37)34(21-11-7-2-3-8-12-21)26(30)28(36)32-19-9-5-4-6-10-19/h13-17,19,21,23-26H,2-12H2,1H3,(H,32,36)(H,33,35)/t23-,24+,25-,26-,30-/m0/s1. The zero-order valence-electron chi connectivity index (χ0n) is 22.1. The molecule has 0 radical (unpaired) electrons. The average molecular weight is 540 g/mol. The van der Waals surface area contributed by atoms with Crippen LogP contribution in [0.15, 0.2) is 30.4 Å². The first kappa shape index (κ1) is 25.9. The van der Waals surface area contributed by atoms with Gasteiger partial charge in [-0.1, -0.05) is 74.8 Å². The number of nitrogens with zero attached hydrogens (tertiary/aromatic N) is 1. The van der Waals surface area contributed by atoms with Crippen LogP contribution in [0.5, 0.6) is 0 Å². The maximum absolute atomic E-state index is 14.3. The minimum atomic E-state index is -1.11. The third kappa shape index (κ3) is 4.36. The van der Waals surface area contributed by atoms with Gasteiger partial charge in [-0.2, -0.15) is 0 Å². The normalized spacial score (nSPS) is 33.3. The Labute approximate surface area is 229 Å². The zero-order chi connectivity index (χ0) is 26.4. The Morgan fingerprint density at radius 1 is 1.00 bits per heavy atom. The van der Waals surface area contributed by atoms with Crippen molar-refractivity contribution < 1.29 is 19.1 Å². The summed E-state index contributed by atoms with van der Waals surface area (Å²) in [5.41, 5.74) is 0.399. The van der Waals surface area contributed by atoms with Crippen molar-refractivity contribution >= 4 is 35.0 Å². The molecule has 2 bridgehead atoms. The van der Waals surface area contributed by atoms with Crippen molar-refractivity contribution in [1.82, 2.24) is 10.2 Å². The number of likely N-dealkylation sites (tertiary alicyclic amines) is 1. The molecule has 5 aliphatic rings. The first-order chi connectivity index (χ1) is 18.4. The fourth-order valence-corrected chi connectivity index (χ4v) is 7.74. The number of aryl methyl sites for hydroxylation is 1. The Morgan fingerprint density at radius 3 is 2.39 bits per heavy atom. The van der Waals surface area contributed by atoms with E-state index < -0.39 is 29.6 Å². The Morgan fingerprint density at radius 2 is 1.68 bits per heavy atom. The first-order valence-corrected chi connectivity index (χ1v) is 14.8. The molecule has 38 heavy (non-hydrogen) atoms. The predicted octanol–water partition coefficient (Wildman–Crippen LogP) is 4.91. The number of fused-ring (bicyclic) bond motifs is 1. The van der Waals surface area contributed by atoms with Gasteiger partial charge in [-0.15, -0.1) is 0 Å². The molecular weight excluding hydrogens is 502 g/mol. The van der Waals surface area contributed by atoms with Gasteiger partial charge in [-0.05, 0) is 50.3 Å². The lowest BCUT2D eigenvalue weighted by atomic mass is 9.74. The molecule has 1 spiro atoms. The molecule has 7 nitrogen and oxygen atoms in total. The van der Waals surface area contributed by atoms with Gasteiger partial charge in [-0.25, -0.2) is 0 Å². The molecule has 3 aliphatic heterocycles. The fourth-order valence-electron chi connectivity index (χ4n) is 7.56.